The second-order valence-corrected chi connectivity index (χ2v) is 3.81. The van der Waals surface area contributed by atoms with Crippen LogP contribution in [0.1, 0.15) is 5.56 Å². The largest absolute Gasteiger partial charge is 1.00 e. The Morgan fingerprint density at radius 2 is 1.72 bits per heavy atom. The van der Waals surface area contributed by atoms with Gasteiger partial charge in [0, 0.05) is 11.3 Å². The van der Waals surface area contributed by atoms with Gasteiger partial charge in [-0.25, -0.2) is 0 Å². The number of carbonyl (C=O) groups is 1. The van der Waals surface area contributed by atoms with E-state index in [4.69, 9.17) is 10.8 Å². The van der Waals surface area contributed by atoms with Crippen LogP contribution in [-0.2, 0) is 11.2 Å². The number of benzene rings is 2. The minimum absolute atomic E-state index is 0. The molecule has 0 saturated heterocycles. The van der Waals surface area contributed by atoms with Gasteiger partial charge in [-0.1, -0.05) is 48.5 Å². The molecule has 2 rings (SSSR count). The molecule has 18 heavy (non-hydrogen) atoms. The maximum absolute atomic E-state index is 10.7. The minimum atomic E-state index is -0.873. The molecule has 0 aliphatic rings. The van der Waals surface area contributed by atoms with Crippen molar-refractivity contribution >= 4 is 11.7 Å². The quantitative estimate of drug-likeness (QED) is 0.574. The first kappa shape index (κ1) is 14.8. The van der Waals surface area contributed by atoms with E-state index in [9.17, 15) is 4.79 Å². The Kier molecular flexibility index (Phi) is 5.41. The molecule has 0 bridgehead atoms. The number of carboxylic acids is 1. The van der Waals surface area contributed by atoms with Gasteiger partial charge in [0.2, 0.25) is 0 Å². The zero-order chi connectivity index (χ0) is 12.3. The van der Waals surface area contributed by atoms with Gasteiger partial charge in [0.05, 0.1) is 6.42 Å². The molecule has 0 fully saturated rings. The summed E-state index contributed by atoms with van der Waals surface area (Å²) in [6.45, 7) is 0. The number of nitrogen functional groups attached to an aromatic ring is 1. The van der Waals surface area contributed by atoms with Crippen molar-refractivity contribution in [2.75, 3.05) is 5.73 Å². The van der Waals surface area contributed by atoms with Gasteiger partial charge in [-0.15, -0.1) is 0 Å². The Bertz CT molecular complexity index is 541. The van der Waals surface area contributed by atoms with Crippen molar-refractivity contribution in [2.24, 2.45) is 0 Å². The van der Waals surface area contributed by atoms with E-state index >= 15 is 0 Å². The first-order chi connectivity index (χ1) is 8.18. The molecule has 2 aromatic carbocycles. The van der Waals surface area contributed by atoms with Crippen LogP contribution in [0.4, 0.5) is 5.69 Å². The van der Waals surface area contributed by atoms with E-state index in [1.165, 1.54) is 0 Å². The topological polar surface area (TPSA) is 63.3 Å². The summed E-state index contributed by atoms with van der Waals surface area (Å²) in [5.74, 6) is -0.873. The van der Waals surface area contributed by atoms with Gasteiger partial charge in [0.1, 0.15) is 0 Å². The SMILES string of the molecule is Nc1c(CC(=O)O)cccc1-c1ccccc1.[Na+]. The van der Waals surface area contributed by atoms with Gasteiger partial charge >= 0.3 is 35.5 Å². The number of rotatable bonds is 3. The normalized spacial score (nSPS) is 9.56. The van der Waals surface area contributed by atoms with E-state index < -0.39 is 5.97 Å². The average molecular weight is 250 g/mol. The predicted octanol–water partition coefficient (Wildman–Crippen LogP) is -0.433. The fourth-order valence-electron chi connectivity index (χ4n) is 1.80. The molecule has 0 saturated carbocycles. The first-order valence-electron chi connectivity index (χ1n) is 5.33. The Hall–Kier alpha value is -1.29. The molecule has 86 valence electrons. The number of aliphatic carboxylic acids is 1. The van der Waals surface area contributed by atoms with Crippen LogP contribution < -0.4 is 35.3 Å². The van der Waals surface area contributed by atoms with Crippen LogP contribution in [0.5, 0.6) is 0 Å². The predicted molar refractivity (Wildman–Crippen MR) is 67.6 cm³/mol. The molecular formula is C14H13NNaO2+. The summed E-state index contributed by atoms with van der Waals surface area (Å²) in [4.78, 5) is 10.7. The standard InChI is InChI=1S/C14H13NO2.Na/c15-14-11(9-13(16)17)7-4-8-12(14)10-5-2-1-3-6-10;/h1-8H,9,15H2,(H,16,17);/q;+1. The molecule has 0 aliphatic heterocycles. The Morgan fingerprint density at radius 3 is 2.33 bits per heavy atom. The molecule has 2 aromatic rings. The van der Waals surface area contributed by atoms with Gasteiger partial charge < -0.3 is 10.8 Å². The van der Waals surface area contributed by atoms with Crippen molar-refractivity contribution in [3.8, 4) is 11.1 Å². The molecule has 0 radical (unpaired) electrons. The Morgan fingerprint density at radius 1 is 1.06 bits per heavy atom. The van der Waals surface area contributed by atoms with Crippen molar-refractivity contribution in [3.63, 3.8) is 0 Å². The van der Waals surface area contributed by atoms with Crippen molar-refractivity contribution in [1.82, 2.24) is 0 Å². The van der Waals surface area contributed by atoms with Crippen LogP contribution in [0.25, 0.3) is 11.1 Å². The number of anilines is 1. The monoisotopic (exact) mass is 250 g/mol. The van der Waals surface area contributed by atoms with E-state index in [-0.39, 0.29) is 36.0 Å². The first-order valence-corrected chi connectivity index (χ1v) is 5.33. The van der Waals surface area contributed by atoms with E-state index in [2.05, 4.69) is 0 Å². The third-order valence-electron chi connectivity index (χ3n) is 2.62. The number of hydrogen-bond acceptors (Lipinski definition) is 2. The second-order valence-electron chi connectivity index (χ2n) is 3.81. The summed E-state index contributed by atoms with van der Waals surface area (Å²) < 4.78 is 0. The van der Waals surface area contributed by atoms with E-state index in [0.717, 1.165) is 11.1 Å². The van der Waals surface area contributed by atoms with E-state index in [0.29, 0.717) is 11.3 Å². The zero-order valence-corrected chi connectivity index (χ0v) is 12.3. The summed E-state index contributed by atoms with van der Waals surface area (Å²) in [6.07, 6.45) is -0.0491. The maximum Gasteiger partial charge on any atom is 1.00 e. The summed E-state index contributed by atoms with van der Waals surface area (Å²) in [5, 5.41) is 8.80. The van der Waals surface area contributed by atoms with Crippen molar-refractivity contribution in [1.29, 1.82) is 0 Å². The van der Waals surface area contributed by atoms with E-state index in [1.807, 2.05) is 42.5 Å². The zero-order valence-electron chi connectivity index (χ0n) is 10.3. The number of carboxylic acid groups (broad SMARTS) is 1. The van der Waals surface area contributed by atoms with Crippen molar-refractivity contribution in [2.45, 2.75) is 6.42 Å². The summed E-state index contributed by atoms with van der Waals surface area (Å²) in [5.41, 5.74) is 9.07. The third kappa shape index (κ3) is 3.35. The second kappa shape index (κ2) is 6.59. The Labute approximate surface area is 128 Å². The van der Waals surface area contributed by atoms with Gasteiger partial charge in [-0.3, -0.25) is 4.79 Å². The molecule has 0 unspecified atom stereocenters. The van der Waals surface area contributed by atoms with Crippen LogP contribution in [0.3, 0.4) is 0 Å². The van der Waals surface area contributed by atoms with Gasteiger partial charge in [0.15, 0.2) is 0 Å². The minimum Gasteiger partial charge on any atom is -0.481 e. The van der Waals surface area contributed by atoms with Gasteiger partial charge in [0.25, 0.3) is 0 Å². The summed E-state index contributed by atoms with van der Waals surface area (Å²) in [7, 11) is 0. The molecule has 0 spiro atoms. The van der Waals surface area contributed by atoms with Gasteiger partial charge in [-0.2, -0.15) is 0 Å². The molecule has 0 aliphatic carbocycles. The molecule has 0 aromatic heterocycles. The van der Waals surface area contributed by atoms with Crippen molar-refractivity contribution in [3.05, 3.63) is 54.1 Å². The van der Waals surface area contributed by atoms with Crippen LogP contribution in [0.15, 0.2) is 48.5 Å². The number of para-hydroxylation sites is 1. The molecule has 0 amide bonds. The average Bonchev–Trinajstić information content (AvgIpc) is 2.32. The molecule has 0 heterocycles. The van der Waals surface area contributed by atoms with Crippen LogP contribution in [0.2, 0.25) is 0 Å². The van der Waals surface area contributed by atoms with Gasteiger partial charge in [-0.05, 0) is 11.1 Å². The fraction of sp³-hybridized carbons (Fsp3) is 0.0714. The number of hydrogen-bond donors (Lipinski definition) is 2. The smallest absolute Gasteiger partial charge is 0.481 e. The summed E-state index contributed by atoms with van der Waals surface area (Å²) in [6, 6.07) is 15.2. The van der Waals surface area contributed by atoms with Crippen LogP contribution in [0, 0.1) is 0 Å². The molecule has 3 N–H and O–H groups in total. The number of nitrogens with two attached hydrogens (primary N) is 1. The van der Waals surface area contributed by atoms with E-state index in [1.54, 1.807) is 6.07 Å². The van der Waals surface area contributed by atoms with Crippen LogP contribution in [-0.4, -0.2) is 11.1 Å². The van der Waals surface area contributed by atoms with Crippen LogP contribution >= 0.6 is 0 Å². The third-order valence-corrected chi connectivity index (χ3v) is 2.62. The van der Waals surface area contributed by atoms with Crippen molar-refractivity contribution < 1.29 is 39.5 Å². The molecule has 3 nitrogen and oxygen atoms in total. The maximum atomic E-state index is 10.7. The molecule has 4 heteroatoms. The molecular weight excluding hydrogens is 237 g/mol. The Balaban J connectivity index is 0.00000162. The molecule has 0 atom stereocenters. The fourth-order valence-corrected chi connectivity index (χ4v) is 1.80. The summed E-state index contributed by atoms with van der Waals surface area (Å²) >= 11 is 0.